The highest BCUT2D eigenvalue weighted by Gasteiger charge is 2.25. The summed E-state index contributed by atoms with van der Waals surface area (Å²) in [6.45, 7) is 2.04. The van der Waals surface area contributed by atoms with Crippen molar-refractivity contribution in [1.82, 2.24) is 5.32 Å². The molecule has 2 aromatic rings. The van der Waals surface area contributed by atoms with Gasteiger partial charge >= 0.3 is 0 Å². The summed E-state index contributed by atoms with van der Waals surface area (Å²) < 4.78 is 10.6. The van der Waals surface area contributed by atoms with Crippen LogP contribution in [0.4, 0.5) is 5.69 Å². The van der Waals surface area contributed by atoms with E-state index in [1.165, 1.54) is 11.8 Å². The van der Waals surface area contributed by atoms with Gasteiger partial charge < -0.3 is 14.8 Å². The molecule has 0 atom stereocenters. The molecule has 1 fully saturated rings. The molecule has 0 saturated carbocycles. The quantitative estimate of drug-likeness (QED) is 0.718. The van der Waals surface area contributed by atoms with Crippen molar-refractivity contribution in [2.24, 2.45) is 4.99 Å². The van der Waals surface area contributed by atoms with Gasteiger partial charge in [-0.25, -0.2) is 4.99 Å². The molecular weight excluding hydrogens is 395 g/mol. The van der Waals surface area contributed by atoms with Crippen molar-refractivity contribution in [3.63, 3.8) is 0 Å². The standard InChI is InChI=1S/C18H12Cl2N2O3S/c1-9-11(19)3-2-4-13(9)21-18-22-17(23)16(26-18)6-10-5-14-15(7-12(10)20)25-8-24-14/h2-7H,8H2,1H3,(H,21,22,23)/b16-6-. The first-order chi connectivity index (χ1) is 12.5. The van der Waals surface area contributed by atoms with Crippen molar-refractivity contribution >= 4 is 57.8 Å². The fourth-order valence-corrected chi connectivity index (χ4v) is 3.70. The number of ether oxygens (including phenoxy) is 2. The van der Waals surface area contributed by atoms with Gasteiger partial charge in [0.1, 0.15) is 0 Å². The van der Waals surface area contributed by atoms with Gasteiger partial charge in [-0.2, -0.15) is 0 Å². The highest BCUT2D eigenvalue weighted by atomic mass is 35.5. The van der Waals surface area contributed by atoms with E-state index in [1.54, 1.807) is 24.3 Å². The molecule has 0 radical (unpaired) electrons. The number of nitrogens with zero attached hydrogens (tertiary/aromatic N) is 1. The third-order valence-corrected chi connectivity index (χ3v) is 5.54. The summed E-state index contributed by atoms with van der Waals surface area (Å²) in [7, 11) is 0. The molecular formula is C18H12Cl2N2O3S. The Labute approximate surface area is 164 Å². The molecule has 2 heterocycles. The van der Waals surface area contributed by atoms with Crippen LogP contribution in [0.25, 0.3) is 6.08 Å². The Morgan fingerprint density at radius 3 is 2.77 bits per heavy atom. The largest absolute Gasteiger partial charge is 0.454 e. The van der Waals surface area contributed by atoms with E-state index in [0.717, 1.165) is 5.56 Å². The summed E-state index contributed by atoms with van der Waals surface area (Å²) in [5.74, 6) is 0.967. The lowest BCUT2D eigenvalue weighted by molar-refractivity contribution is -0.115. The zero-order valence-electron chi connectivity index (χ0n) is 13.5. The Balaban J connectivity index is 1.63. The second kappa shape index (κ2) is 6.87. The van der Waals surface area contributed by atoms with E-state index in [9.17, 15) is 4.79 Å². The fourth-order valence-electron chi connectivity index (χ4n) is 2.49. The second-order valence-corrected chi connectivity index (χ2v) is 7.44. The number of amides is 1. The third kappa shape index (κ3) is 3.28. The Bertz CT molecular complexity index is 989. The smallest absolute Gasteiger partial charge is 0.264 e. The number of thioether (sulfide) groups is 1. The zero-order chi connectivity index (χ0) is 18.3. The molecule has 5 nitrogen and oxygen atoms in total. The molecule has 0 bridgehead atoms. The van der Waals surface area contributed by atoms with Crippen LogP contribution >= 0.6 is 35.0 Å². The van der Waals surface area contributed by atoms with E-state index in [4.69, 9.17) is 32.7 Å². The van der Waals surface area contributed by atoms with E-state index in [1.807, 2.05) is 19.1 Å². The van der Waals surface area contributed by atoms with Crippen molar-refractivity contribution in [2.75, 3.05) is 6.79 Å². The third-order valence-electron chi connectivity index (χ3n) is 3.89. The van der Waals surface area contributed by atoms with Gasteiger partial charge in [0.05, 0.1) is 15.6 Å². The van der Waals surface area contributed by atoms with Crippen LogP contribution in [-0.2, 0) is 4.79 Å². The number of rotatable bonds is 2. The van der Waals surface area contributed by atoms with E-state index in [0.29, 0.717) is 42.9 Å². The molecule has 0 aromatic heterocycles. The topological polar surface area (TPSA) is 59.9 Å². The number of halogens is 2. The van der Waals surface area contributed by atoms with Crippen LogP contribution in [0, 0.1) is 6.92 Å². The van der Waals surface area contributed by atoms with Gasteiger partial charge in [-0.05, 0) is 54.1 Å². The molecule has 1 saturated heterocycles. The van der Waals surface area contributed by atoms with Crippen LogP contribution in [-0.4, -0.2) is 17.9 Å². The number of nitrogens with one attached hydrogen (secondary N) is 1. The predicted molar refractivity (Wildman–Crippen MR) is 105 cm³/mol. The Morgan fingerprint density at radius 1 is 1.19 bits per heavy atom. The van der Waals surface area contributed by atoms with Crippen molar-refractivity contribution < 1.29 is 14.3 Å². The zero-order valence-corrected chi connectivity index (χ0v) is 15.8. The number of carbonyl (C=O) groups excluding carboxylic acids is 1. The molecule has 26 heavy (non-hydrogen) atoms. The number of carbonyl (C=O) groups is 1. The summed E-state index contributed by atoms with van der Waals surface area (Å²) in [5, 5.41) is 4.35. The van der Waals surface area contributed by atoms with Crippen LogP contribution < -0.4 is 14.8 Å². The molecule has 0 unspecified atom stereocenters. The first kappa shape index (κ1) is 17.3. The lowest BCUT2D eigenvalue weighted by Crippen LogP contribution is -2.19. The van der Waals surface area contributed by atoms with E-state index >= 15 is 0 Å². The van der Waals surface area contributed by atoms with Crippen molar-refractivity contribution in [1.29, 1.82) is 0 Å². The maximum Gasteiger partial charge on any atom is 0.264 e. The predicted octanol–water partition coefficient (Wildman–Crippen LogP) is 4.92. The highest BCUT2D eigenvalue weighted by Crippen LogP contribution is 2.39. The minimum atomic E-state index is -0.234. The first-order valence-corrected chi connectivity index (χ1v) is 9.22. The van der Waals surface area contributed by atoms with E-state index < -0.39 is 0 Å². The molecule has 4 rings (SSSR count). The van der Waals surface area contributed by atoms with Crippen LogP contribution in [0.1, 0.15) is 11.1 Å². The minimum Gasteiger partial charge on any atom is -0.454 e. The van der Waals surface area contributed by atoms with Crippen molar-refractivity contribution in [3.05, 3.63) is 56.4 Å². The minimum absolute atomic E-state index is 0.163. The van der Waals surface area contributed by atoms with Gasteiger partial charge in [-0.3, -0.25) is 4.79 Å². The first-order valence-electron chi connectivity index (χ1n) is 7.65. The average molecular weight is 407 g/mol. The number of aliphatic imine (C=N–C) groups is 1. The molecule has 2 aliphatic rings. The van der Waals surface area contributed by atoms with Crippen LogP contribution in [0.2, 0.25) is 10.0 Å². The SMILES string of the molecule is Cc1c(Cl)cccc1N=C1NC(=O)/C(=C/c2cc3c(cc2Cl)OCO3)S1. The molecule has 1 amide bonds. The molecule has 132 valence electrons. The maximum atomic E-state index is 12.3. The number of hydrogen-bond donors (Lipinski definition) is 1. The van der Waals surface area contributed by atoms with Gasteiger partial charge in [0, 0.05) is 11.1 Å². The highest BCUT2D eigenvalue weighted by molar-refractivity contribution is 8.18. The Hall–Kier alpha value is -2.15. The van der Waals surface area contributed by atoms with Gasteiger partial charge in [-0.15, -0.1) is 0 Å². The van der Waals surface area contributed by atoms with Gasteiger partial charge in [0.25, 0.3) is 5.91 Å². The average Bonchev–Trinajstić information content (AvgIpc) is 3.18. The lowest BCUT2D eigenvalue weighted by atomic mass is 10.2. The van der Waals surface area contributed by atoms with Crippen LogP contribution in [0.3, 0.4) is 0 Å². The van der Waals surface area contributed by atoms with E-state index in [-0.39, 0.29) is 12.7 Å². The monoisotopic (exact) mass is 406 g/mol. The summed E-state index contributed by atoms with van der Waals surface area (Å²) in [4.78, 5) is 17.2. The second-order valence-electron chi connectivity index (χ2n) is 5.59. The normalized spacial score (nSPS) is 18.7. The number of fused-ring (bicyclic) bond motifs is 1. The lowest BCUT2D eigenvalue weighted by Gasteiger charge is -2.03. The molecule has 1 N–H and O–H groups in total. The summed E-state index contributed by atoms with van der Waals surface area (Å²) in [6.07, 6.45) is 1.71. The summed E-state index contributed by atoms with van der Waals surface area (Å²) in [6, 6.07) is 8.89. The van der Waals surface area contributed by atoms with Gasteiger partial charge in [0.2, 0.25) is 6.79 Å². The van der Waals surface area contributed by atoms with Crippen LogP contribution in [0.15, 0.2) is 40.2 Å². The number of hydrogen-bond acceptors (Lipinski definition) is 5. The molecule has 2 aliphatic heterocycles. The molecule has 0 aliphatic carbocycles. The molecule has 8 heteroatoms. The molecule has 0 spiro atoms. The van der Waals surface area contributed by atoms with Gasteiger partial charge in [0.15, 0.2) is 16.7 Å². The van der Waals surface area contributed by atoms with Crippen molar-refractivity contribution in [2.45, 2.75) is 6.92 Å². The maximum absolute atomic E-state index is 12.3. The summed E-state index contributed by atoms with van der Waals surface area (Å²) in [5.41, 5.74) is 2.24. The fraction of sp³-hybridized carbons (Fsp3) is 0.111. The Kier molecular flexibility index (Phi) is 4.56. The number of amidine groups is 1. The number of benzene rings is 2. The van der Waals surface area contributed by atoms with Gasteiger partial charge in [-0.1, -0.05) is 29.3 Å². The Morgan fingerprint density at radius 2 is 1.96 bits per heavy atom. The summed E-state index contributed by atoms with van der Waals surface area (Å²) >= 11 is 13.6. The molecule has 2 aromatic carbocycles. The van der Waals surface area contributed by atoms with Crippen LogP contribution in [0.5, 0.6) is 11.5 Å². The van der Waals surface area contributed by atoms with Crippen molar-refractivity contribution in [3.8, 4) is 11.5 Å². The van der Waals surface area contributed by atoms with E-state index in [2.05, 4.69) is 10.3 Å².